The van der Waals surface area contributed by atoms with Gasteiger partial charge in [0.05, 0.1) is 5.75 Å². The molecule has 1 saturated carbocycles. The molecule has 2 aromatic carbocycles. The summed E-state index contributed by atoms with van der Waals surface area (Å²) >= 11 is 0. The summed E-state index contributed by atoms with van der Waals surface area (Å²) in [5.41, 5.74) is 6.13. The Kier molecular flexibility index (Phi) is 3.80. The molecule has 1 spiro atoms. The Labute approximate surface area is 143 Å². The fourth-order valence-electron chi connectivity index (χ4n) is 3.72. The highest BCUT2D eigenvalue weighted by Gasteiger charge is 2.48. The Morgan fingerprint density at radius 2 is 1.33 bits per heavy atom. The van der Waals surface area contributed by atoms with E-state index >= 15 is 0 Å². The Balaban J connectivity index is 1.71. The molecular weight excluding hydrogens is 323 g/mol. The van der Waals surface area contributed by atoms with Gasteiger partial charge >= 0.3 is 0 Å². The van der Waals surface area contributed by atoms with Crippen LogP contribution in [0.2, 0.25) is 0 Å². The summed E-state index contributed by atoms with van der Waals surface area (Å²) in [7, 11) is -2.40. The van der Waals surface area contributed by atoms with E-state index in [-0.39, 0.29) is 11.6 Å². The molecular formula is C20H19FO2S. The van der Waals surface area contributed by atoms with E-state index in [1.165, 1.54) is 36.1 Å². The highest BCUT2D eigenvalue weighted by Crippen LogP contribution is 2.63. The maximum absolute atomic E-state index is 13.2. The molecule has 24 heavy (non-hydrogen) atoms. The lowest BCUT2D eigenvalue weighted by atomic mass is 9.96. The molecule has 2 nitrogen and oxygen atoms in total. The maximum atomic E-state index is 13.2. The van der Waals surface area contributed by atoms with E-state index in [0.717, 1.165) is 29.5 Å². The molecule has 1 fully saturated rings. The molecule has 4 rings (SSSR count). The Hall–Kier alpha value is -1.94. The highest BCUT2D eigenvalue weighted by molar-refractivity contribution is 7.71. The van der Waals surface area contributed by atoms with Crippen molar-refractivity contribution in [2.75, 3.05) is 0 Å². The molecule has 0 N–H and O–H groups in total. The van der Waals surface area contributed by atoms with Gasteiger partial charge in [-0.25, -0.2) is 12.8 Å². The van der Waals surface area contributed by atoms with E-state index in [1.54, 1.807) is 0 Å². The molecule has 2 aromatic rings. The quantitative estimate of drug-likeness (QED) is 0.835. The van der Waals surface area contributed by atoms with Gasteiger partial charge in [0.25, 0.3) is 0 Å². The van der Waals surface area contributed by atoms with E-state index < -0.39 is 10.7 Å². The molecule has 0 aromatic heterocycles. The lowest BCUT2D eigenvalue weighted by Crippen LogP contribution is -1.92. The molecule has 0 heterocycles. The number of hydrogen-bond acceptors (Lipinski definition) is 2. The van der Waals surface area contributed by atoms with Gasteiger partial charge in [-0.05, 0) is 71.1 Å². The predicted molar refractivity (Wildman–Crippen MR) is 94.6 cm³/mol. The van der Waals surface area contributed by atoms with Crippen LogP contribution in [0.3, 0.4) is 0 Å². The second kappa shape index (κ2) is 5.85. The molecule has 2 aliphatic rings. The Bertz CT molecular complexity index is 865. The summed E-state index contributed by atoms with van der Waals surface area (Å²) in [6, 6.07) is 14.6. The first-order valence-electron chi connectivity index (χ1n) is 8.24. The van der Waals surface area contributed by atoms with E-state index in [1.807, 2.05) is 36.4 Å². The summed E-state index contributed by atoms with van der Waals surface area (Å²) < 4.78 is 35.0. The molecule has 2 aliphatic carbocycles. The minimum absolute atomic E-state index is 0.0867. The first-order chi connectivity index (χ1) is 11.5. The van der Waals surface area contributed by atoms with Crippen molar-refractivity contribution >= 4 is 21.9 Å². The van der Waals surface area contributed by atoms with Crippen LogP contribution in [0.4, 0.5) is 4.39 Å². The lowest BCUT2D eigenvalue weighted by molar-refractivity contribution is 0.568. The molecule has 0 aliphatic heterocycles. The fourth-order valence-corrected chi connectivity index (χ4v) is 4.23. The average Bonchev–Trinajstić information content (AvgIpc) is 3.20. The summed E-state index contributed by atoms with van der Waals surface area (Å²) in [6.45, 7) is 0. The van der Waals surface area contributed by atoms with Crippen LogP contribution in [0.1, 0.15) is 42.4 Å². The van der Waals surface area contributed by atoms with Gasteiger partial charge in [-0.3, -0.25) is 0 Å². The van der Waals surface area contributed by atoms with Crippen LogP contribution >= 0.6 is 0 Å². The van der Waals surface area contributed by atoms with Crippen molar-refractivity contribution < 1.29 is 12.8 Å². The van der Waals surface area contributed by atoms with Crippen LogP contribution in [-0.4, -0.2) is 8.42 Å². The third-order valence-electron chi connectivity index (χ3n) is 5.23. The largest absolute Gasteiger partial charge is 0.232 e. The minimum atomic E-state index is -2.40. The molecule has 0 unspecified atom stereocenters. The Morgan fingerprint density at radius 1 is 0.833 bits per heavy atom. The molecule has 0 amide bonds. The van der Waals surface area contributed by atoms with Crippen molar-refractivity contribution in [1.82, 2.24) is 0 Å². The summed E-state index contributed by atoms with van der Waals surface area (Å²) in [5, 5.41) is 0. The third-order valence-corrected chi connectivity index (χ3v) is 5.86. The smallest absolute Gasteiger partial charge is 0.144 e. The van der Waals surface area contributed by atoms with Gasteiger partial charge in [0.15, 0.2) is 0 Å². The van der Waals surface area contributed by atoms with E-state index in [4.69, 9.17) is 0 Å². The molecule has 124 valence electrons. The van der Waals surface area contributed by atoms with Crippen LogP contribution in [0.5, 0.6) is 0 Å². The number of halogens is 1. The topological polar surface area (TPSA) is 34.1 Å². The van der Waals surface area contributed by atoms with Gasteiger partial charge in [0, 0.05) is 0 Å². The SMILES string of the molecule is O=[SH](=O)Cc1ccc(C2=C(c3ccc(F)cc3)CC3(CC3)C2)cc1. The lowest BCUT2D eigenvalue weighted by Gasteiger charge is -2.09. The van der Waals surface area contributed by atoms with Crippen LogP contribution in [-0.2, 0) is 16.5 Å². The van der Waals surface area contributed by atoms with Gasteiger partial charge in [-0.15, -0.1) is 0 Å². The van der Waals surface area contributed by atoms with Crippen molar-refractivity contribution in [1.29, 1.82) is 0 Å². The predicted octanol–water partition coefficient (Wildman–Crippen LogP) is 4.42. The standard InChI is InChI=1S/C20H19FO2S/c21-17-7-5-16(6-8-17)19-12-20(9-10-20)11-18(19)15-3-1-14(2-4-15)13-24(22)23/h1-8,24H,9-13H2. The van der Waals surface area contributed by atoms with Crippen LogP contribution < -0.4 is 0 Å². The number of thiol groups is 1. The molecule has 0 bridgehead atoms. The molecule has 4 heteroatoms. The fraction of sp³-hybridized carbons (Fsp3) is 0.300. The summed E-state index contributed by atoms with van der Waals surface area (Å²) in [6.07, 6.45) is 4.64. The zero-order valence-corrected chi connectivity index (χ0v) is 14.2. The van der Waals surface area contributed by atoms with Gasteiger partial charge in [0.1, 0.15) is 16.5 Å². The highest BCUT2D eigenvalue weighted by atomic mass is 32.2. The van der Waals surface area contributed by atoms with Gasteiger partial charge in [-0.2, -0.15) is 0 Å². The van der Waals surface area contributed by atoms with Crippen LogP contribution in [0.25, 0.3) is 11.1 Å². The van der Waals surface area contributed by atoms with Crippen molar-refractivity contribution in [2.24, 2.45) is 5.41 Å². The van der Waals surface area contributed by atoms with Crippen LogP contribution in [0, 0.1) is 11.2 Å². The van der Waals surface area contributed by atoms with Gasteiger partial charge in [-0.1, -0.05) is 36.4 Å². The zero-order valence-electron chi connectivity index (χ0n) is 13.3. The van der Waals surface area contributed by atoms with Crippen molar-refractivity contribution in [3.63, 3.8) is 0 Å². The van der Waals surface area contributed by atoms with Crippen molar-refractivity contribution in [2.45, 2.75) is 31.4 Å². The number of allylic oxidation sites excluding steroid dienone is 2. The maximum Gasteiger partial charge on any atom is 0.144 e. The molecule has 0 saturated heterocycles. The third kappa shape index (κ3) is 3.03. The number of hydrogen-bond donors (Lipinski definition) is 1. The molecule has 0 radical (unpaired) electrons. The van der Waals surface area contributed by atoms with E-state index in [2.05, 4.69) is 0 Å². The monoisotopic (exact) mass is 342 g/mol. The number of benzene rings is 2. The second-order valence-corrected chi connectivity index (χ2v) is 7.99. The Morgan fingerprint density at radius 3 is 1.79 bits per heavy atom. The second-order valence-electron chi connectivity index (χ2n) is 7.01. The summed E-state index contributed by atoms with van der Waals surface area (Å²) in [4.78, 5) is 0. The normalized spacial score (nSPS) is 18.6. The first kappa shape index (κ1) is 15.6. The van der Waals surface area contributed by atoms with Crippen LogP contribution in [0.15, 0.2) is 48.5 Å². The average molecular weight is 342 g/mol. The van der Waals surface area contributed by atoms with Crippen molar-refractivity contribution in [3.8, 4) is 0 Å². The summed E-state index contributed by atoms with van der Waals surface area (Å²) in [5.74, 6) is -0.125. The first-order valence-corrected chi connectivity index (χ1v) is 9.60. The minimum Gasteiger partial charge on any atom is -0.232 e. The molecule has 0 atom stereocenters. The number of rotatable bonds is 4. The van der Waals surface area contributed by atoms with E-state index in [0.29, 0.717) is 5.41 Å². The van der Waals surface area contributed by atoms with E-state index in [9.17, 15) is 12.8 Å². The zero-order chi connectivity index (χ0) is 16.7. The van der Waals surface area contributed by atoms with Crippen molar-refractivity contribution in [3.05, 3.63) is 71.0 Å². The van der Waals surface area contributed by atoms with Gasteiger partial charge in [0.2, 0.25) is 0 Å². The van der Waals surface area contributed by atoms with Gasteiger partial charge < -0.3 is 0 Å².